The van der Waals surface area contributed by atoms with E-state index in [2.05, 4.69) is 21.5 Å². The molecular formula is C4H10N2O4+2. The lowest BCUT2D eigenvalue weighted by Gasteiger charge is -1.91. The van der Waals surface area contributed by atoms with Gasteiger partial charge in [-0.05, 0) is 0 Å². The average molecular weight is 150 g/mol. The van der Waals surface area contributed by atoms with Crippen LogP contribution in [0.3, 0.4) is 0 Å². The van der Waals surface area contributed by atoms with Crippen LogP contribution in [0.5, 0.6) is 0 Å². The summed E-state index contributed by atoms with van der Waals surface area (Å²) in [5.41, 5.74) is 0. The highest BCUT2D eigenvalue weighted by Gasteiger charge is 2.09. The van der Waals surface area contributed by atoms with Crippen LogP contribution in [0, 0.1) is 0 Å². The number of carbonyl (C=O) groups excluding carboxylic acids is 2. The van der Waals surface area contributed by atoms with Crippen LogP contribution < -0.4 is 11.8 Å². The van der Waals surface area contributed by atoms with Crippen LogP contribution in [-0.4, -0.2) is 11.9 Å². The van der Waals surface area contributed by atoms with E-state index in [0.29, 0.717) is 0 Å². The number of hydrogen-bond donors (Lipinski definition) is 2. The Bertz CT molecular complexity index is 119. The highest BCUT2D eigenvalue weighted by Crippen LogP contribution is 1.90. The van der Waals surface area contributed by atoms with Gasteiger partial charge in [0.2, 0.25) is 0 Å². The van der Waals surface area contributed by atoms with Crippen LogP contribution in [0.4, 0.5) is 0 Å². The molecule has 10 heavy (non-hydrogen) atoms. The molecule has 6 heteroatoms. The SMILES string of the molecule is [NH3+]OC(=O)CCC(=O)O[NH3+]. The topological polar surface area (TPSA) is 108 Å². The van der Waals surface area contributed by atoms with Crippen molar-refractivity contribution in [2.45, 2.75) is 12.8 Å². The predicted octanol–water partition coefficient (Wildman–Crippen LogP) is -2.83. The minimum absolute atomic E-state index is 0.0160. The Morgan fingerprint density at radius 2 is 1.30 bits per heavy atom. The zero-order chi connectivity index (χ0) is 7.98. The fourth-order valence-corrected chi connectivity index (χ4v) is 0.348. The van der Waals surface area contributed by atoms with E-state index in [4.69, 9.17) is 0 Å². The van der Waals surface area contributed by atoms with Crippen LogP contribution in [0.15, 0.2) is 0 Å². The van der Waals surface area contributed by atoms with E-state index < -0.39 is 11.9 Å². The molecule has 0 amide bonds. The number of hydrogen-bond acceptors (Lipinski definition) is 4. The molecule has 0 rings (SSSR count). The van der Waals surface area contributed by atoms with Crippen molar-refractivity contribution >= 4 is 11.9 Å². The van der Waals surface area contributed by atoms with Gasteiger partial charge in [-0.2, -0.15) is 11.8 Å². The second kappa shape index (κ2) is 4.71. The van der Waals surface area contributed by atoms with E-state index in [1.54, 1.807) is 0 Å². The Kier molecular flexibility index (Phi) is 4.17. The molecule has 0 aliphatic carbocycles. The monoisotopic (exact) mass is 150 g/mol. The molecule has 58 valence electrons. The van der Waals surface area contributed by atoms with Crippen molar-refractivity contribution in [3.8, 4) is 0 Å². The molecule has 0 bridgehead atoms. The quantitative estimate of drug-likeness (QED) is 0.422. The summed E-state index contributed by atoms with van der Waals surface area (Å²) < 4.78 is 0. The Morgan fingerprint density at radius 1 is 1.00 bits per heavy atom. The van der Waals surface area contributed by atoms with Gasteiger partial charge in [-0.15, -0.1) is 0 Å². The zero-order valence-corrected chi connectivity index (χ0v) is 5.46. The van der Waals surface area contributed by atoms with Gasteiger partial charge in [0.25, 0.3) is 0 Å². The standard InChI is InChI=1S/C4H10N2O4/c5-9-3(7)1-2-4(8)10-6/h1-2H2,5-6H3/q+2. The molecule has 0 spiro atoms. The van der Waals surface area contributed by atoms with Crippen molar-refractivity contribution in [3.63, 3.8) is 0 Å². The number of carbonyl (C=O) groups is 2. The van der Waals surface area contributed by atoms with Crippen molar-refractivity contribution in [2.24, 2.45) is 0 Å². The highest BCUT2D eigenvalue weighted by atomic mass is 16.7. The summed E-state index contributed by atoms with van der Waals surface area (Å²) in [5.74, 6) is 4.67. The molecule has 6 nitrogen and oxygen atoms in total. The van der Waals surface area contributed by atoms with Crippen molar-refractivity contribution in [3.05, 3.63) is 0 Å². The van der Waals surface area contributed by atoms with Gasteiger partial charge in [0.15, 0.2) is 0 Å². The lowest BCUT2D eigenvalue weighted by molar-refractivity contribution is -0.658. The predicted molar refractivity (Wildman–Crippen MR) is 27.2 cm³/mol. The first-order valence-corrected chi connectivity index (χ1v) is 2.60. The lowest BCUT2D eigenvalue weighted by Crippen LogP contribution is -2.52. The average Bonchev–Trinajstić information content (AvgIpc) is 1.99. The van der Waals surface area contributed by atoms with Gasteiger partial charge in [0.1, 0.15) is 0 Å². The third-order valence-electron chi connectivity index (χ3n) is 0.855. The molecule has 0 aliphatic rings. The molecule has 0 aromatic carbocycles. The minimum Gasteiger partial charge on any atom is -0.282 e. The Morgan fingerprint density at radius 3 is 1.50 bits per heavy atom. The molecule has 0 atom stereocenters. The summed E-state index contributed by atoms with van der Waals surface area (Å²) in [5, 5.41) is 0. The van der Waals surface area contributed by atoms with Crippen molar-refractivity contribution in [1.29, 1.82) is 0 Å². The first kappa shape index (κ1) is 8.86. The van der Waals surface area contributed by atoms with Crippen molar-refractivity contribution < 1.29 is 31.1 Å². The molecule has 6 N–H and O–H groups in total. The molecule has 0 aliphatic heterocycles. The summed E-state index contributed by atoms with van der Waals surface area (Å²) in [7, 11) is 0. The normalized spacial score (nSPS) is 8.60. The smallest absolute Gasteiger partial charge is 0.282 e. The van der Waals surface area contributed by atoms with Gasteiger partial charge in [0, 0.05) is 0 Å². The molecule has 0 aromatic heterocycles. The van der Waals surface area contributed by atoms with Crippen molar-refractivity contribution in [1.82, 2.24) is 0 Å². The molecule has 0 radical (unpaired) electrons. The van der Waals surface area contributed by atoms with E-state index in [1.165, 1.54) is 0 Å². The van der Waals surface area contributed by atoms with Crippen LogP contribution in [0.2, 0.25) is 0 Å². The fourth-order valence-electron chi connectivity index (χ4n) is 0.348. The largest absolute Gasteiger partial charge is 0.366 e. The molecule has 0 heterocycles. The van der Waals surface area contributed by atoms with E-state index in [1.807, 2.05) is 0 Å². The van der Waals surface area contributed by atoms with Crippen LogP contribution in [0.1, 0.15) is 12.8 Å². The van der Waals surface area contributed by atoms with Gasteiger partial charge in [-0.1, -0.05) is 0 Å². The second-order valence-electron chi connectivity index (χ2n) is 1.53. The third kappa shape index (κ3) is 3.81. The molecule has 0 saturated heterocycles. The maximum Gasteiger partial charge on any atom is 0.366 e. The molecule has 0 aromatic rings. The minimum atomic E-state index is -0.537. The lowest BCUT2D eigenvalue weighted by atomic mass is 10.3. The van der Waals surface area contributed by atoms with E-state index in [-0.39, 0.29) is 12.8 Å². The van der Waals surface area contributed by atoms with Gasteiger partial charge in [0.05, 0.1) is 12.8 Å². The van der Waals surface area contributed by atoms with E-state index >= 15 is 0 Å². The van der Waals surface area contributed by atoms with Crippen LogP contribution in [-0.2, 0) is 19.3 Å². The highest BCUT2D eigenvalue weighted by molar-refractivity contribution is 5.76. The maximum atomic E-state index is 10.3. The Hall–Kier alpha value is -1.14. The summed E-state index contributed by atoms with van der Waals surface area (Å²) in [4.78, 5) is 28.7. The summed E-state index contributed by atoms with van der Waals surface area (Å²) in [6.45, 7) is 0. The molecule has 0 saturated carbocycles. The van der Waals surface area contributed by atoms with E-state index in [0.717, 1.165) is 0 Å². The van der Waals surface area contributed by atoms with Crippen LogP contribution >= 0.6 is 0 Å². The van der Waals surface area contributed by atoms with Gasteiger partial charge in [-0.3, -0.25) is 9.68 Å². The summed E-state index contributed by atoms with van der Waals surface area (Å²) in [6.07, 6.45) is -0.0320. The maximum absolute atomic E-state index is 10.3. The Balaban J connectivity index is 3.35. The Labute approximate surface area is 57.0 Å². The number of quaternary nitrogens is 2. The molecular weight excluding hydrogens is 140 g/mol. The number of rotatable bonds is 3. The molecule has 0 unspecified atom stereocenters. The zero-order valence-electron chi connectivity index (χ0n) is 5.46. The summed E-state index contributed by atoms with van der Waals surface area (Å²) >= 11 is 0. The first-order chi connectivity index (χ1) is 4.70. The van der Waals surface area contributed by atoms with Crippen molar-refractivity contribution in [2.75, 3.05) is 0 Å². The first-order valence-electron chi connectivity index (χ1n) is 2.60. The van der Waals surface area contributed by atoms with Gasteiger partial charge >= 0.3 is 11.9 Å². The van der Waals surface area contributed by atoms with Gasteiger partial charge in [-0.25, -0.2) is 9.59 Å². The molecule has 0 fully saturated rings. The summed E-state index contributed by atoms with van der Waals surface area (Å²) in [6, 6.07) is 0. The second-order valence-corrected chi connectivity index (χ2v) is 1.53. The van der Waals surface area contributed by atoms with Crippen LogP contribution in [0.25, 0.3) is 0 Å². The van der Waals surface area contributed by atoms with Gasteiger partial charge < -0.3 is 0 Å². The fraction of sp³-hybridized carbons (Fsp3) is 0.500. The van der Waals surface area contributed by atoms with E-state index in [9.17, 15) is 9.59 Å². The third-order valence-corrected chi connectivity index (χ3v) is 0.855.